The van der Waals surface area contributed by atoms with Crippen LogP contribution in [-0.4, -0.2) is 55.6 Å². The van der Waals surface area contributed by atoms with Crippen molar-refractivity contribution >= 4 is 32.9 Å². The number of aromatic nitrogens is 3. The van der Waals surface area contributed by atoms with Gasteiger partial charge in [0.2, 0.25) is 9.84 Å². The summed E-state index contributed by atoms with van der Waals surface area (Å²) in [6.45, 7) is 2.70. The van der Waals surface area contributed by atoms with Gasteiger partial charge in [0.25, 0.3) is 0 Å². The highest BCUT2D eigenvalue weighted by molar-refractivity contribution is 7.91. The highest BCUT2D eigenvalue weighted by Crippen LogP contribution is 2.32. The fourth-order valence-electron chi connectivity index (χ4n) is 2.84. The van der Waals surface area contributed by atoms with Gasteiger partial charge in [0.1, 0.15) is 0 Å². The summed E-state index contributed by atoms with van der Waals surface area (Å²) in [5.41, 5.74) is 1.95. The number of halogens is 1. The average Bonchev–Trinajstić information content (AvgIpc) is 3.00. The molecule has 1 N–H and O–H groups in total. The van der Waals surface area contributed by atoms with Gasteiger partial charge in [-0.1, -0.05) is 17.7 Å². The Kier molecular flexibility index (Phi) is 5.41. The highest BCUT2D eigenvalue weighted by atomic mass is 35.5. The van der Waals surface area contributed by atoms with E-state index in [9.17, 15) is 8.42 Å². The van der Waals surface area contributed by atoms with Gasteiger partial charge in [0, 0.05) is 36.4 Å². The van der Waals surface area contributed by atoms with Crippen molar-refractivity contribution in [1.82, 2.24) is 19.5 Å². The highest BCUT2D eigenvalue weighted by Gasteiger charge is 2.29. The molecule has 2 aromatic heterocycles. The Morgan fingerprint density at radius 1 is 1.26 bits per heavy atom. The van der Waals surface area contributed by atoms with Crippen LogP contribution in [0.25, 0.3) is 5.65 Å². The van der Waals surface area contributed by atoms with E-state index in [-0.39, 0.29) is 15.6 Å². The van der Waals surface area contributed by atoms with Gasteiger partial charge >= 0.3 is 0 Å². The van der Waals surface area contributed by atoms with Gasteiger partial charge in [-0.2, -0.15) is 0 Å². The van der Waals surface area contributed by atoms with Gasteiger partial charge < -0.3 is 10.2 Å². The number of benzene rings is 1. The Labute approximate surface area is 163 Å². The molecule has 1 aromatic carbocycles. The summed E-state index contributed by atoms with van der Waals surface area (Å²) in [5.74, 6) is 0.260. The molecule has 3 aromatic rings. The van der Waals surface area contributed by atoms with Crippen LogP contribution in [0.3, 0.4) is 0 Å². The molecule has 0 aliphatic heterocycles. The molecule has 7 nitrogen and oxygen atoms in total. The van der Waals surface area contributed by atoms with Crippen LogP contribution in [0.2, 0.25) is 5.02 Å². The van der Waals surface area contributed by atoms with E-state index in [1.165, 1.54) is 12.1 Å². The van der Waals surface area contributed by atoms with Crippen molar-refractivity contribution in [3.8, 4) is 0 Å². The van der Waals surface area contributed by atoms with E-state index in [1.54, 1.807) is 23.7 Å². The Morgan fingerprint density at radius 3 is 2.63 bits per heavy atom. The number of hydrogen-bond donors (Lipinski definition) is 1. The largest absolute Gasteiger partial charge is 0.370 e. The van der Waals surface area contributed by atoms with Crippen LogP contribution < -0.4 is 5.32 Å². The van der Waals surface area contributed by atoms with Crippen LogP contribution in [0.4, 0.5) is 5.82 Å². The molecule has 27 heavy (non-hydrogen) atoms. The van der Waals surface area contributed by atoms with E-state index in [1.807, 2.05) is 27.1 Å². The molecule has 0 bridgehead atoms. The van der Waals surface area contributed by atoms with E-state index >= 15 is 0 Å². The van der Waals surface area contributed by atoms with Crippen molar-refractivity contribution in [2.45, 2.75) is 23.1 Å². The van der Waals surface area contributed by atoms with Crippen LogP contribution in [-0.2, 0) is 16.3 Å². The van der Waals surface area contributed by atoms with Gasteiger partial charge in [-0.05, 0) is 45.3 Å². The number of anilines is 1. The predicted molar refractivity (Wildman–Crippen MR) is 106 cm³/mol. The monoisotopic (exact) mass is 407 g/mol. The molecule has 0 saturated carbocycles. The molecule has 3 rings (SSSR count). The summed E-state index contributed by atoms with van der Waals surface area (Å²) in [7, 11) is 1.75. The first-order valence-electron chi connectivity index (χ1n) is 8.46. The summed E-state index contributed by atoms with van der Waals surface area (Å²) in [6.07, 6.45) is 0.709. The average molecular weight is 408 g/mol. The smallest absolute Gasteiger partial charge is 0.214 e. The minimum atomic E-state index is -3.86. The third-order valence-electron chi connectivity index (χ3n) is 4.20. The molecule has 0 atom stereocenters. The van der Waals surface area contributed by atoms with Crippen molar-refractivity contribution in [2.75, 3.05) is 33.0 Å². The van der Waals surface area contributed by atoms with E-state index in [0.29, 0.717) is 17.1 Å². The zero-order valence-corrected chi connectivity index (χ0v) is 17.3. The number of aryl methyl sites for hydroxylation is 1. The van der Waals surface area contributed by atoms with Crippen LogP contribution in [0.5, 0.6) is 0 Å². The first-order valence-corrected chi connectivity index (χ1v) is 10.3. The molecular weight excluding hydrogens is 386 g/mol. The molecule has 0 unspecified atom stereocenters. The number of nitrogens with zero attached hydrogens (tertiary/aromatic N) is 4. The summed E-state index contributed by atoms with van der Waals surface area (Å²) in [6, 6.07) is 8.13. The van der Waals surface area contributed by atoms with E-state index in [2.05, 4.69) is 20.3 Å². The lowest BCUT2D eigenvalue weighted by Crippen LogP contribution is -2.16. The fraction of sp³-hybridized carbons (Fsp3) is 0.333. The molecule has 0 radical (unpaired) electrons. The Bertz CT molecular complexity index is 1090. The standard InChI is InChI=1S/C18H22ClN5O2S/c1-12-10-14(8-9-23(3)4)21-18-16(17(20-2)22-24(12)18)27(25,26)15-7-5-6-13(19)11-15/h5-7,10-11H,8-9H2,1-4H3,(H,20,22). The molecule has 0 fully saturated rings. The third-order valence-corrected chi connectivity index (χ3v) is 6.23. The summed E-state index contributed by atoms with van der Waals surface area (Å²) < 4.78 is 28.2. The van der Waals surface area contributed by atoms with Crippen LogP contribution in [0.15, 0.2) is 40.1 Å². The second-order valence-corrected chi connectivity index (χ2v) is 8.89. The summed E-state index contributed by atoms with van der Waals surface area (Å²) >= 11 is 6.00. The maximum absolute atomic E-state index is 13.3. The topological polar surface area (TPSA) is 79.6 Å². The van der Waals surface area contributed by atoms with Crippen molar-refractivity contribution < 1.29 is 8.42 Å². The van der Waals surface area contributed by atoms with Crippen molar-refractivity contribution in [2.24, 2.45) is 0 Å². The third kappa shape index (κ3) is 3.78. The van der Waals surface area contributed by atoms with Crippen LogP contribution >= 0.6 is 11.6 Å². The van der Waals surface area contributed by atoms with Crippen molar-refractivity contribution in [3.05, 3.63) is 46.7 Å². The molecule has 9 heteroatoms. The first kappa shape index (κ1) is 19.6. The van der Waals surface area contributed by atoms with Gasteiger partial charge in [-0.15, -0.1) is 5.10 Å². The number of rotatable bonds is 6. The van der Waals surface area contributed by atoms with E-state index < -0.39 is 9.84 Å². The second-order valence-electron chi connectivity index (χ2n) is 6.57. The lowest BCUT2D eigenvalue weighted by molar-refractivity contribution is 0.411. The van der Waals surface area contributed by atoms with Gasteiger partial charge in [-0.3, -0.25) is 0 Å². The lowest BCUT2D eigenvalue weighted by Gasteiger charge is -2.10. The number of nitrogens with one attached hydrogen (secondary N) is 1. The summed E-state index contributed by atoms with van der Waals surface area (Å²) in [5, 5.41) is 7.64. The molecular formula is C18H22ClN5O2S. The van der Waals surface area contributed by atoms with Crippen molar-refractivity contribution in [3.63, 3.8) is 0 Å². The summed E-state index contributed by atoms with van der Waals surface area (Å²) in [4.78, 5) is 6.84. The molecule has 0 aliphatic carbocycles. The number of sulfone groups is 1. The molecule has 0 spiro atoms. The SMILES string of the molecule is CNc1nn2c(C)cc(CCN(C)C)nc2c1S(=O)(=O)c1cccc(Cl)c1. The number of hydrogen-bond acceptors (Lipinski definition) is 6. The van der Waals surface area contributed by atoms with E-state index in [0.717, 1.165) is 17.9 Å². The van der Waals surface area contributed by atoms with Crippen LogP contribution in [0.1, 0.15) is 11.4 Å². The maximum atomic E-state index is 13.3. The molecule has 0 amide bonds. The zero-order valence-electron chi connectivity index (χ0n) is 15.7. The molecule has 2 heterocycles. The maximum Gasteiger partial charge on any atom is 0.214 e. The quantitative estimate of drug-likeness (QED) is 0.676. The molecule has 0 saturated heterocycles. The van der Waals surface area contributed by atoms with Crippen molar-refractivity contribution in [1.29, 1.82) is 0 Å². The number of likely N-dealkylation sites (N-methyl/N-ethyl adjacent to an activating group) is 1. The first-order chi connectivity index (χ1) is 12.7. The van der Waals surface area contributed by atoms with Gasteiger partial charge in [0.05, 0.1) is 4.90 Å². The molecule has 144 valence electrons. The minimum absolute atomic E-state index is 0.0575. The normalized spacial score (nSPS) is 12.1. The number of fused-ring (bicyclic) bond motifs is 1. The molecule has 0 aliphatic rings. The Morgan fingerprint density at radius 2 is 2.00 bits per heavy atom. The van der Waals surface area contributed by atoms with Gasteiger partial charge in [0.15, 0.2) is 16.4 Å². The fourth-order valence-corrected chi connectivity index (χ4v) is 4.64. The van der Waals surface area contributed by atoms with E-state index in [4.69, 9.17) is 11.6 Å². The predicted octanol–water partition coefficient (Wildman–Crippen LogP) is 2.67. The zero-order chi connectivity index (χ0) is 19.8. The van der Waals surface area contributed by atoms with Crippen LogP contribution in [0, 0.1) is 6.92 Å². The Balaban J connectivity index is 2.24. The second kappa shape index (κ2) is 7.46. The lowest BCUT2D eigenvalue weighted by atomic mass is 10.2. The Hall–Kier alpha value is -2.16. The minimum Gasteiger partial charge on any atom is -0.370 e. The van der Waals surface area contributed by atoms with Gasteiger partial charge in [-0.25, -0.2) is 17.9 Å².